The second-order valence-electron chi connectivity index (χ2n) is 16.5. The van der Waals surface area contributed by atoms with Crippen molar-refractivity contribution in [1.29, 1.82) is 0 Å². The van der Waals surface area contributed by atoms with Crippen LogP contribution in [0.1, 0.15) is 48.5 Å². The Morgan fingerprint density at radius 1 is 0.792 bits per heavy atom. The summed E-state index contributed by atoms with van der Waals surface area (Å²) < 4.78 is 32.3. The maximum absolute atomic E-state index is 14.6. The van der Waals surface area contributed by atoms with Crippen molar-refractivity contribution in [3.63, 3.8) is 0 Å². The molecule has 4 heterocycles. The van der Waals surface area contributed by atoms with Gasteiger partial charge in [0.1, 0.15) is 6.10 Å². The number of rotatable bonds is 4. The number of fused-ring (bicyclic) bond motifs is 1. The molecule has 6 fully saturated rings. The molecule has 0 amide bonds. The van der Waals surface area contributed by atoms with E-state index in [1.165, 1.54) is 6.92 Å². The van der Waals surface area contributed by atoms with Crippen LogP contribution in [-0.2, 0) is 37.8 Å². The summed E-state index contributed by atoms with van der Waals surface area (Å²) in [4.78, 5) is 41.6. The number of aliphatic hydroxyl groups excluding tert-OH is 2. The zero-order valence-corrected chi connectivity index (χ0v) is 29.0. The molecule has 4 aliphatic heterocycles. The van der Waals surface area contributed by atoms with Gasteiger partial charge in [0.05, 0.1) is 29.0 Å². The molecule has 0 aromatic heterocycles. The molecule has 12 atom stereocenters. The quantitative estimate of drug-likeness (QED) is 0.242. The predicted molar refractivity (Wildman–Crippen MR) is 170 cm³/mol. The van der Waals surface area contributed by atoms with E-state index < -0.39 is 107 Å². The number of hydrogen-bond donors (Lipinski definition) is 3. The zero-order chi connectivity index (χ0) is 34.6. The monoisotopic (exact) mass is 678 g/mol. The molecule has 2 saturated carbocycles. The maximum atomic E-state index is 14.6. The third kappa shape index (κ3) is 3.05. The summed E-state index contributed by atoms with van der Waals surface area (Å²) >= 11 is 0. The fourth-order valence-corrected chi connectivity index (χ4v) is 16.0. The highest BCUT2D eigenvalue weighted by Gasteiger charge is 3.05. The van der Waals surface area contributed by atoms with Gasteiger partial charge in [-0.2, -0.15) is 0 Å². The van der Waals surface area contributed by atoms with Gasteiger partial charge in [-0.1, -0.05) is 102 Å². The van der Waals surface area contributed by atoms with Crippen molar-refractivity contribution in [3.05, 3.63) is 60.7 Å². The molecule has 2 aliphatic carbocycles. The van der Waals surface area contributed by atoms with Gasteiger partial charge in [0.25, 0.3) is 8.32 Å². The molecule has 8 rings (SSSR count). The number of carbonyl (C=O) groups is 3. The van der Waals surface area contributed by atoms with E-state index in [0.29, 0.717) is 0 Å². The highest BCUT2D eigenvalue weighted by Crippen LogP contribution is 2.85. The van der Waals surface area contributed by atoms with E-state index >= 15 is 0 Å². The van der Waals surface area contributed by atoms with E-state index in [-0.39, 0.29) is 0 Å². The Bertz CT molecular complexity index is 1680. The summed E-state index contributed by atoms with van der Waals surface area (Å²) in [5.74, 6) is -5.05. The van der Waals surface area contributed by atoms with Crippen LogP contribution in [0.3, 0.4) is 0 Å². The molecule has 2 spiro atoms. The summed E-state index contributed by atoms with van der Waals surface area (Å²) in [6, 6.07) is 19.3. The minimum absolute atomic E-state index is 0.633. The van der Waals surface area contributed by atoms with Gasteiger partial charge in [0.2, 0.25) is 11.9 Å². The van der Waals surface area contributed by atoms with Crippen LogP contribution < -0.4 is 10.4 Å². The largest absolute Gasteiger partial charge is 0.456 e. The van der Waals surface area contributed by atoms with Gasteiger partial charge in [-0.25, -0.2) is 9.59 Å². The zero-order valence-electron chi connectivity index (χ0n) is 28.0. The van der Waals surface area contributed by atoms with E-state index in [2.05, 4.69) is 20.8 Å². The Labute approximate surface area is 279 Å². The van der Waals surface area contributed by atoms with Crippen molar-refractivity contribution in [2.75, 3.05) is 0 Å². The van der Waals surface area contributed by atoms with Crippen LogP contribution >= 0.6 is 0 Å². The second-order valence-corrected chi connectivity index (χ2v) is 20.8. The van der Waals surface area contributed by atoms with Crippen LogP contribution in [0.2, 0.25) is 5.04 Å². The molecule has 256 valence electrons. The maximum Gasteiger partial charge on any atom is 0.343 e. The van der Waals surface area contributed by atoms with Crippen LogP contribution in [0.15, 0.2) is 60.7 Å². The normalized spacial score (nSPS) is 44.2. The molecular formula is C36H42O11Si. The van der Waals surface area contributed by atoms with E-state index in [4.69, 9.17) is 23.4 Å². The topological polar surface area (TPSA) is 158 Å². The van der Waals surface area contributed by atoms with Crippen molar-refractivity contribution in [3.8, 4) is 0 Å². The predicted octanol–water partition coefficient (Wildman–Crippen LogP) is 1.19. The standard InChI is InChI=1S/C36H42O11Si/c1-18-27(39)43-26-25(47-48(32(5,6)7,19-14-10-8-11-15-19)20-16-12-9-13-17-20)34-24-21(37)22(31(2,3)4)33(34)23(38)28(40)45-30(33)46-36(34,29(41)44-24)35(18,26)42/h8-18,21-26,30,37-38,42H,1-7H3/t18-,21-,22+,23+,24-,25+,26+,30+,33?,34?,35-,36-/m1/s1. The first kappa shape index (κ1) is 32.1. The Balaban J connectivity index is 1.51. The number of aliphatic hydroxyl groups is 3. The molecule has 11 nitrogen and oxygen atoms in total. The van der Waals surface area contributed by atoms with Gasteiger partial charge in [0, 0.05) is 5.92 Å². The molecule has 2 aromatic rings. The fraction of sp³-hybridized carbons (Fsp3) is 0.583. The minimum Gasteiger partial charge on any atom is -0.456 e. The van der Waals surface area contributed by atoms with E-state index in [1.807, 2.05) is 81.4 Å². The molecule has 0 radical (unpaired) electrons. The molecule has 12 heteroatoms. The van der Waals surface area contributed by atoms with Crippen LogP contribution in [-0.4, -0.2) is 89.6 Å². The third-order valence-corrected chi connectivity index (χ3v) is 17.7. The molecule has 4 saturated heterocycles. The van der Waals surface area contributed by atoms with Crippen molar-refractivity contribution in [1.82, 2.24) is 0 Å². The average molecular weight is 679 g/mol. The molecule has 48 heavy (non-hydrogen) atoms. The fourth-order valence-electron chi connectivity index (χ4n) is 11.3. The van der Waals surface area contributed by atoms with Crippen LogP contribution in [0.5, 0.6) is 0 Å². The summed E-state index contributed by atoms with van der Waals surface area (Å²) in [5.41, 5.74) is -9.44. The van der Waals surface area contributed by atoms with E-state index in [0.717, 1.165) is 10.4 Å². The summed E-state index contributed by atoms with van der Waals surface area (Å²) in [7, 11) is -3.62. The lowest BCUT2D eigenvalue weighted by Crippen LogP contribution is -2.72. The molecule has 2 unspecified atom stereocenters. The lowest BCUT2D eigenvalue weighted by molar-refractivity contribution is -0.240. The van der Waals surface area contributed by atoms with Gasteiger partial charge < -0.3 is 38.7 Å². The first-order chi connectivity index (χ1) is 22.4. The van der Waals surface area contributed by atoms with E-state index in [1.54, 1.807) is 0 Å². The number of carbonyl (C=O) groups excluding carboxylic acids is 3. The van der Waals surface area contributed by atoms with Gasteiger partial charge in [-0.05, 0) is 27.8 Å². The lowest BCUT2D eigenvalue weighted by atomic mass is 9.51. The Morgan fingerprint density at radius 3 is 1.88 bits per heavy atom. The lowest BCUT2D eigenvalue weighted by Gasteiger charge is -2.52. The number of ether oxygens (including phenoxy) is 4. The molecule has 2 aromatic carbocycles. The van der Waals surface area contributed by atoms with Crippen LogP contribution in [0.4, 0.5) is 0 Å². The SMILES string of the molecule is C[C@@H]1C(=O)O[C@H]2[C@H](O[Si](c3ccccc3)(c3ccccc3)C(C)(C)C)C34[C@@H]5OC(=O)[C@]3(O[C@@H]3OC(=O)[C@H](O)C34[C@H](C(C)(C)C)[C@H]5O)[C@@]12O. The molecule has 6 aliphatic rings. The molecule has 0 bridgehead atoms. The Morgan fingerprint density at radius 2 is 1.35 bits per heavy atom. The Hall–Kier alpha value is -3.13. The second kappa shape index (κ2) is 9.35. The van der Waals surface area contributed by atoms with Gasteiger partial charge >= 0.3 is 17.9 Å². The average Bonchev–Trinajstić information content (AvgIpc) is 3.72. The number of esters is 3. The van der Waals surface area contributed by atoms with Crippen molar-refractivity contribution in [2.24, 2.45) is 28.1 Å². The van der Waals surface area contributed by atoms with Gasteiger partial charge in [-0.3, -0.25) is 4.79 Å². The van der Waals surface area contributed by atoms with Crippen molar-refractivity contribution < 1.29 is 53.1 Å². The van der Waals surface area contributed by atoms with Crippen molar-refractivity contribution >= 4 is 36.6 Å². The first-order valence-corrected chi connectivity index (χ1v) is 18.5. The highest BCUT2D eigenvalue weighted by atomic mass is 28.4. The third-order valence-electron chi connectivity index (χ3n) is 12.6. The minimum atomic E-state index is -3.62. The van der Waals surface area contributed by atoms with Gasteiger partial charge in [0.15, 0.2) is 17.8 Å². The van der Waals surface area contributed by atoms with Gasteiger partial charge in [-0.15, -0.1) is 0 Å². The summed E-state index contributed by atoms with van der Waals surface area (Å²) in [5, 5.41) is 38.7. The number of benzene rings is 2. The summed E-state index contributed by atoms with van der Waals surface area (Å²) in [6.07, 6.45) is -9.26. The van der Waals surface area contributed by atoms with Crippen LogP contribution in [0.25, 0.3) is 0 Å². The number of hydrogen-bond acceptors (Lipinski definition) is 11. The first-order valence-electron chi connectivity index (χ1n) is 16.6. The van der Waals surface area contributed by atoms with Crippen LogP contribution in [0, 0.1) is 28.1 Å². The van der Waals surface area contributed by atoms with E-state index in [9.17, 15) is 29.7 Å². The summed E-state index contributed by atoms with van der Waals surface area (Å²) in [6.45, 7) is 13.2. The smallest absolute Gasteiger partial charge is 0.343 e. The Kier molecular flexibility index (Phi) is 6.25. The molecule has 3 N–H and O–H groups in total. The highest BCUT2D eigenvalue weighted by molar-refractivity contribution is 6.99. The van der Waals surface area contributed by atoms with Crippen molar-refractivity contribution in [2.45, 2.75) is 102 Å². The molecular weight excluding hydrogens is 636 g/mol.